The SMILES string of the molecule is NCC(c1ccccc1)c1ncc(-c2ccco2)[nH]1. The molecule has 0 amide bonds. The van der Waals surface area contributed by atoms with E-state index in [1.54, 1.807) is 12.5 Å². The highest BCUT2D eigenvalue weighted by Crippen LogP contribution is 2.24. The summed E-state index contributed by atoms with van der Waals surface area (Å²) in [5.41, 5.74) is 7.91. The van der Waals surface area contributed by atoms with Gasteiger partial charge in [0, 0.05) is 6.54 Å². The molecule has 3 rings (SSSR count). The van der Waals surface area contributed by atoms with Gasteiger partial charge in [0.25, 0.3) is 0 Å². The Labute approximate surface area is 111 Å². The first-order valence-electron chi connectivity index (χ1n) is 6.22. The molecular weight excluding hydrogens is 238 g/mol. The Morgan fingerprint density at radius 2 is 2.00 bits per heavy atom. The van der Waals surface area contributed by atoms with E-state index in [-0.39, 0.29) is 5.92 Å². The zero-order chi connectivity index (χ0) is 13.1. The second-order valence-electron chi connectivity index (χ2n) is 4.36. The van der Waals surface area contributed by atoms with Crippen molar-refractivity contribution < 1.29 is 4.42 Å². The quantitative estimate of drug-likeness (QED) is 0.751. The van der Waals surface area contributed by atoms with Gasteiger partial charge >= 0.3 is 0 Å². The van der Waals surface area contributed by atoms with Crippen LogP contribution >= 0.6 is 0 Å². The number of aromatic nitrogens is 2. The van der Waals surface area contributed by atoms with Gasteiger partial charge in [0.2, 0.25) is 0 Å². The van der Waals surface area contributed by atoms with Crippen LogP contribution in [-0.4, -0.2) is 16.5 Å². The lowest BCUT2D eigenvalue weighted by molar-refractivity contribution is 0.580. The van der Waals surface area contributed by atoms with Crippen LogP contribution in [0.4, 0.5) is 0 Å². The molecular formula is C15H15N3O. The summed E-state index contributed by atoms with van der Waals surface area (Å²) in [6, 6.07) is 13.9. The minimum atomic E-state index is 0.0740. The number of nitrogens with one attached hydrogen (secondary N) is 1. The third kappa shape index (κ3) is 2.30. The second kappa shape index (κ2) is 5.12. The molecule has 0 bridgehead atoms. The maximum absolute atomic E-state index is 5.88. The van der Waals surface area contributed by atoms with Crippen LogP contribution in [0.2, 0.25) is 0 Å². The fourth-order valence-electron chi connectivity index (χ4n) is 2.16. The van der Waals surface area contributed by atoms with Crippen molar-refractivity contribution in [3.8, 4) is 11.5 Å². The molecule has 2 heterocycles. The molecule has 0 saturated carbocycles. The Bertz CT molecular complexity index is 628. The lowest BCUT2D eigenvalue weighted by Gasteiger charge is -2.12. The van der Waals surface area contributed by atoms with Crippen molar-refractivity contribution in [1.82, 2.24) is 9.97 Å². The maximum Gasteiger partial charge on any atom is 0.151 e. The Kier molecular flexibility index (Phi) is 3.16. The maximum atomic E-state index is 5.88. The number of imidazole rings is 1. The Morgan fingerprint density at radius 3 is 2.68 bits per heavy atom. The molecule has 4 heteroatoms. The summed E-state index contributed by atoms with van der Waals surface area (Å²) in [4.78, 5) is 7.70. The molecule has 2 aromatic heterocycles. The van der Waals surface area contributed by atoms with E-state index in [1.807, 2.05) is 30.3 Å². The van der Waals surface area contributed by atoms with E-state index < -0.39 is 0 Å². The lowest BCUT2D eigenvalue weighted by atomic mass is 9.99. The van der Waals surface area contributed by atoms with Gasteiger partial charge in [-0.3, -0.25) is 0 Å². The van der Waals surface area contributed by atoms with Gasteiger partial charge in [-0.2, -0.15) is 0 Å². The van der Waals surface area contributed by atoms with E-state index in [1.165, 1.54) is 0 Å². The molecule has 3 aromatic rings. The molecule has 96 valence electrons. The van der Waals surface area contributed by atoms with Crippen LogP contribution in [0.5, 0.6) is 0 Å². The standard InChI is InChI=1S/C15H15N3O/c16-9-12(11-5-2-1-3-6-11)15-17-10-13(18-15)14-7-4-8-19-14/h1-8,10,12H,9,16H2,(H,17,18). The third-order valence-corrected chi connectivity index (χ3v) is 3.15. The number of aromatic amines is 1. The molecule has 0 radical (unpaired) electrons. The zero-order valence-corrected chi connectivity index (χ0v) is 10.4. The van der Waals surface area contributed by atoms with Crippen molar-refractivity contribution in [2.45, 2.75) is 5.92 Å². The molecule has 0 aliphatic heterocycles. The van der Waals surface area contributed by atoms with E-state index in [0.29, 0.717) is 6.54 Å². The lowest BCUT2D eigenvalue weighted by Crippen LogP contribution is -2.15. The summed E-state index contributed by atoms with van der Waals surface area (Å²) in [5, 5.41) is 0. The van der Waals surface area contributed by atoms with Gasteiger partial charge in [-0.1, -0.05) is 30.3 Å². The van der Waals surface area contributed by atoms with Gasteiger partial charge < -0.3 is 15.1 Å². The molecule has 0 saturated heterocycles. The Balaban J connectivity index is 1.93. The number of rotatable bonds is 4. The molecule has 1 aromatic carbocycles. The number of benzene rings is 1. The number of furan rings is 1. The van der Waals surface area contributed by atoms with E-state index in [9.17, 15) is 0 Å². The fraction of sp³-hybridized carbons (Fsp3) is 0.133. The molecule has 4 nitrogen and oxygen atoms in total. The highest BCUT2D eigenvalue weighted by molar-refractivity contribution is 5.51. The first kappa shape index (κ1) is 11.7. The van der Waals surface area contributed by atoms with Crippen LogP contribution < -0.4 is 5.73 Å². The first-order valence-corrected chi connectivity index (χ1v) is 6.22. The Morgan fingerprint density at radius 1 is 1.16 bits per heavy atom. The average Bonchev–Trinajstić information content (AvgIpc) is 3.11. The van der Waals surface area contributed by atoms with Crippen molar-refractivity contribution in [3.63, 3.8) is 0 Å². The number of H-pyrrole nitrogens is 1. The Hall–Kier alpha value is -2.33. The van der Waals surface area contributed by atoms with E-state index in [4.69, 9.17) is 10.2 Å². The number of hydrogen-bond donors (Lipinski definition) is 2. The molecule has 0 fully saturated rings. The van der Waals surface area contributed by atoms with Crippen LogP contribution in [0, 0.1) is 0 Å². The van der Waals surface area contributed by atoms with E-state index in [0.717, 1.165) is 22.8 Å². The summed E-state index contributed by atoms with van der Waals surface area (Å²) < 4.78 is 5.35. The van der Waals surface area contributed by atoms with Crippen LogP contribution in [-0.2, 0) is 0 Å². The molecule has 1 atom stereocenters. The largest absolute Gasteiger partial charge is 0.463 e. The highest BCUT2D eigenvalue weighted by atomic mass is 16.3. The summed E-state index contributed by atoms with van der Waals surface area (Å²) >= 11 is 0. The van der Waals surface area contributed by atoms with Gasteiger partial charge in [0.15, 0.2) is 5.76 Å². The highest BCUT2D eigenvalue weighted by Gasteiger charge is 2.16. The first-order chi connectivity index (χ1) is 9.38. The molecule has 3 N–H and O–H groups in total. The van der Waals surface area contributed by atoms with Crippen LogP contribution in [0.3, 0.4) is 0 Å². The van der Waals surface area contributed by atoms with Gasteiger partial charge in [0.05, 0.1) is 18.4 Å². The summed E-state index contributed by atoms with van der Waals surface area (Å²) in [6.07, 6.45) is 3.42. The molecule has 19 heavy (non-hydrogen) atoms. The van der Waals surface area contributed by atoms with Crippen LogP contribution in [0.1, 0.15) is 17.3 Å². The average molecular weight is 253 g/mol. The fourth-order valence-corrected chi connectivity index (χ4v) is 2.16. The minimum Gasteiger partial charge on any atom is -0.463 e. The molecule has 0 aliphatic rings. The predicted octanol–water partition coefficient (Wildman–Crippen LogP) is 2.76. The summed E-state index contributed by atoms with van der Waals surface area (Å²) in [5.74, 6) is 1.72. The smallest absolute Gasteiger partial charge is 0.151 e. The van der Waals surface area contributed by atoms with Gasteiger partial charge in [-0.05, 0) is 17.7 Å². The predicted molar refractivity (Wildman–Crippen MR) is 73.6 cm³/mol. The van der Waals surface area contributed by atoms with E-state index in [2.05, 4.69) is 22.1 Å². The third-order valence-electron chi connectivity index (χ3n) is 3.15. The topological polar surface area (TPSA) is 67.8 Å². The number of nitrogens with two attached hydrogens (primary N) is 1. The number of hydrogen-bond acceptors (Lipinski definition) is 3. The minimum absolute atomic E-state index is 0.0740. The van der Waals surface area contributed by atoms with Crippen molar-refractivity contribution in [2.75, 3.05) is 6.54 Å². The second-order valence-corrected chi connectivity index (χ2v) is 4.36. The van der Waals surface area contributed by atoms with Gasteiger partial charge in [-0.15, -0.1) is 0 Å². The molecule has 0 aliphatic carbocycles. The monoisotopic (exact) mass is 253 g/mol. The zero-order valence-electron chi connectivity index (χ0n) is 10.4. The summed E-state index contributed by atoms with van der Waals surface area (Å²) in [6.45, 7) is 0.509. The van der Waals surface area contributed by atoms with Crippen LogP contribution in [0.25, 0.3) is 11.5 Å². The van der Waals surface area contributed by atoms with Gasteiger partial charge in [-0.25, -0.2) is 4.98 Å². The molecule has 0 spiro atoms. The van der Waals surface area contributed by atoms with Crippen LogP contribution in [0.15, 0.2) is 59.3 Å². The van der Waals surface area contributed by atoms with Crippen molar-refractivity contribution >= 4 is 0 Å². The van der Waals surface area contributed by atoms with Gasteiger partial charge in [0.1, 0.15) is 11.5 Å². The van der Waals surface area contributed by atoms with E-state index >= 15 is 0 Å². The van der Waals surface area contributed by atoms with Crippen molar-refractivity contribution in [2.24, 2.45) is 5.73 Å². The number of nitrogens with zero attached hydrogens (tertiary/aromatic N) is 1. The van der Waals surface area contributed by atoms with Crippen molar-refractivity contribution in [3.05, 3.63) is 66.3 Å². The molecule has 1 unspecified atom stereocenters. The summed E-state index contributed by atoms with van der Waals surface area (Å²) in [7, 11) is 0. The van der Waals surface area contributed by atoms with Crippen molar-refractivity contribution in [1.29, 1.82) is 0 Å². The normalized spacial score (nSPS) is 12.5.